The number of carbonyl (C=O) groups is 6. The van der Waals surface area contributed by atoms with Crippen LogP contribution in [-0.2, 0) is 59.6 Å². The Balaban J connectivity index is 1.32. The molecule has 0 radical (unpaired) electrons. The first-order valence-corrected chi connectivity index (χ1v) is 14.5. The van der Waals surface area contributed by atoms with E-state index in [4.69, 9.17) is 29.2 Å². The van der Waals surface area contributed by atoms with Gasteiger partial charge in [-0.2, -0.15) is 0 Å². The number of carboxylic acid groups (broad SMARTS) is 2. The summed E-state index contributed by atoms with van der Waals surface area (Å²) in [6, 6.07) is 3.02. The van der Waals surface area contributed by atoms with Crippen LogP contribution < -0.4 is 4.74 Å². The van der Waals surface area contributed by atoms with Crippen LogP contribution >= 0.6 is 0 Å². The highest BCUT2D eigenvalue weighted by Gasteiger charge is 2.72. The number of aromatic hydroxyl groups is 1. The first kappa shape index (κ1) is 32.7. The number of piperidine rings is 1. The van der Waals surface area contributed by atoms with Crippen LogP contribution in [0.2, 0.25) is 0 Å². The van der Waals surface area contributed by atoms with Crippen LogP contribution in [0, 0.1) is 0 Å². The maximum absolute atomic E-state index is 13.2. The number of carbonyl (C=O) groups excluding carboxylic acids is 4. The number of carboxylic acids is 2. The number of esters is 4. The number of phenols is 1. The lowest BCUT2D eigenvalue weighted by molar-refractivity contribution is -0.184. The van der Waals surface area contributed by atoms with E-state index in [0.717, 1.165) is 19.4 Å². The topological polar surface area (TPSA) is 233 Å². The minimum Gasteiger partial charge on any atom is -0.504 e. The third-order valence-corrected chi connectivity index (χ3v) is 9.03. The molecule has 4 aliphatic rings. The van der Waals surface area contributed by atoms with E-state index in [1.807, 2.05) is 7.05 Å². The summed E-state index contributed by atoms with van der Waals surface area (Å²) in [5.41, 5.74) is -0.797. The summed E-state index contributed by atoms with van der Waals surface area (Å²) < 4.78 is 26.4. The van der Waals surface area contributed by atoms with Crippen molar-refractivity contribution in [3.63, 3.8) is 0 Å². The standard InChI is InChI=1S/C30H33NO15/c1-13(27(39)45-18(26(37)38)11-21(34)35)42-28(40)19(43-14(2)32)12-22(36)44-17-6-7-30(41)20-10-15-4-5-16(33)24-23(15)29(30,25(17)46-24)8-9-31(20)3/h4-6,13,18-20,25,33,41H,7-12H2,1-3H3,(H,34,35)(H,37,38)/t13-,18-,19-,20+,25-,29-,30+/m0/s1. The Morgan fingerprint density at radius 1 is 1.04 bits per heavy atom. The second-order valence-corrected chi connectivity index (χ2v) is 11.8. The van der Waals surface area contributed by atoms with Crippen molar-refractivity contribution in [2.45, 2.75) is 87.4 Å². The number of ether oxygens (including phenoxy) is 5. The number of likely N-dealkylation sites (N-methyl/N-ethyl adjacent to an activating group) is 1. The van der Waals surface area contributed by atoms with E-state index in [2.05, 4.69) is 9.64 Å². The molecule has 7 atom stereocenters. The SMILES string of the molecule is CC(=O)O[C@@H](CC(=O)OC1=CC[C@@]2(O)[C@H]3Cc4ccc(O)c5c4[C@@]2(CCN3C)[C@H]1O5)C(=O)O[C@@H](C)C(=O)O[C@@H](CC(=O)O)C(=O)O. The molecular formula is C30H33NO15. The zero-order valence-electron chi connectivity index (χ0n) is 25.1. The molecule has 1 aromatic rings. The van der Waals surface area contributed by atoms with Gasteiger partial charge in [-0.25, -0.2) is 14.4 Å². The van der Waals surface area contributed by atoms with Crippen molar-refractivity contribution in [1.82, 2.24) is 4.90 Å². The van der Waals surface area contributed by atoms with E-state index in [0.29, 0.717) is 24.9 Å². The van der Waals surface area contributed by atoms with Crippen LogP contribution in [0.5, 0.6) is 11.5 Å². The number of benzene rings is 1. The summed E-state index contributed by atoms with van der Waals surface area (Å²) in [6.07, 6.45) is -6.09. The van der Waals surface area contributed by atoms with Gasteiger partial charge in [0.1, 0.15) is 5.76 Å². The number of nitrogens with zero attached hydrogens (tertiary/aromatic N) is 1. The maximum Gasteiger partial charge on any atom is 0.348 e. The van der Waals surface area contributed by atoms with Gasteiger partial charge in [0.25, 0.3) is 0 Å². The van der Waals surface area contributed by atoms with Crippen LogP contribution in [0.15, 0.2) is 24.0 Å². The molecule has 1 fully saturated rings. The van der Waals surface area contributed by atoms with Crippen molar-refractivity contribution in [2.75, 3.05) is 13.6 Å². The van der Waals surface area contributed by atoms with Crippen molar-refractivity contribution in [2.24, 2.45) is 0 Å². The number of rotatable bonds is 11. The lowest BCUT2D eigenvalue weighted by Gasteiger charge is -2.61. The zero-order valence-corrected chi connectivity index (χ0v) is 25.1. The molecule has 5 rings (SSSR count). The average Bonchev–Trinajstić information content (AvgIpc) is 3.32. The summed E-state index contributed by atoms with van der Waals surface area (Å²) in [7, 11) is 1.92. The molecule has 16 heteroatoms. The number of hydrogen-bond acceptors (Lipinski definition) is 14. The predicted octanol–water partition coefficient (Wildman–Crippen LogP) is -0.0623. The fourth-order valence-electron chi connectivity index (χ4n) is 7.01. The van der Waals surface area contributed by atoms with Gasteiger partial charge in [-0.3, -0.25) is 14.4 Å². The Labute approximate surface area is 261 Å². The van der Waals surface area contributed by atoms with E-state index >= 15 is 0 Å². The number of aliphatic hydroxyl groups is 1. The van der Waals surface area contributed by atoms with E-state index in [-0.39, 0.29) is 29.7 Å². The molecule has 0 amide bonds. The van der Waals surface area contributed by atoms with Gasteiger partial charge in [-0.05, 0) is 51.1 Å². The van der Waals surface area contributed by atoms with Crippen molar-refractivity contribution >= 4 is 35.8 Å². The summed E-state index contributed by atoms with van der Waals surface area (Å²) in [4.78, 5) is 74.2. The molecule has 16 nitrogen and oxygen atoms in total. The zero-order chi connectivity index (χ0) is 33.7. The van der Waals surface area contributed by atoms with Gasteiger partial charge < -0.3 is 49.0 Å². The molecule has 1 saturated heterocycles. The molecule has 0 saturated carbocycles. The first-order valence-electron chi connectivity index (χ1n) is 14.5. The Bertz CT molecular complexity index is 1540. The summed E-state index contributed by atoms with van der Waals surface area (Å²) >= 11 is 0. The molecule has 2 aliphatic carbocycles. The quantitative estimate of drug-likeness (QED) is 0.182. The lowest BCUT2D eigenvalue weighted by Crippen LogP contribution is -2.74. The van der Waals surface area contributed by atoms with Crippen molar-refractivity contribution in [1.29, 1.82) is 0 Å². The number of phenolic OH excluding ortho intramolecular Hbond substituents is 1. The minimum absolute atomic E-state index is 0.0338. The Hall–Kier alpha value is -4.70. The molecule has 4 N–H and O–H groups in total. The van der Waals surface area contributed by atoms with Gasteiger partial charge >= 0.3 is 35.8 Å². The molecule has 46 heavy (non-hydrogen) atoms. The van der Waals surface area contributed by atoms with Gasteiger partial charge in [-0.15, -0.1) is 0 Å². The Morgan fingerprint density at radius 2 is 1.76 bits per heavy atom. The van der Waals surface area contributed by atoms with Crippen LogP contribution in [0.25, 0.3) is 0 Å². The second-order valence-electron chi connectivity index (χ2n) is 11.8. The Morgan fingerprint density at radius 3 is 2.41 bits per heavy atom. The summed E-state index contributed by atoms with van der Waals surface area (Å²) in [5, 5.41) is 40.8. The predicted molar refractivity (Wildman–Crippen MR) is 148 cm³/mol. The van der Waals surface area contributed by atoms with E-state index in [1.165, 1.54) is 12.1 Å². The third kappa shape index (κ3) is 5.40. The van der Waals surface area contributed by atoms with Gasteiger partial charge in [0.15, 0.2) is 23.7 Å². The monoisotopic (exact) mass is 647 g/mol. The average molecular weight is 648 g/mol. The van der Waals surface area contributed by atoms with Crippen molar-refractivity contribution in [3.05, 3.63) is 35.1 Å². The van der Waals surface area contributed by atoms with Gasteiger partial charge in [0.2, 0.25) is 12.2 Å². The molecule has 248 valence electrons. The largest absolute Gasteiger partial charge is 0.504 e. The first-order chi connectivity index (χ1) is 21.6. The molecular weight excluding hydrogens is 614 g/mol. The summed E-state index contributed by atoms with van der Waals surface area (Å²) in [6.45, 7) is 2.56. The molecule has 2 aliphatic heterocycles. The number of hydrogen-bond donors (Lipinski definition) is 4. The maximum atomic E-state index is 13.2. The molecule has 1 spiro atoms. The van der Waals surface area contributed by atoms with Crippen LogP contribution in [0.3, 0.4) is 0 Å². The highest BCUT2D eigenvalue weighted by molar-refractivity contribution is 5.88. The minimum atomic E-state index is -2.06. The van der Waals surface area contributed by atoms with Gasteiger partial charge in [-0.1, -0.05) is 6.07 Å². The number of likely N-dealkylation sites (tertiary alicyclic amines) is 1. The van der Waals surface area contributed by atoms with Crippen LogP contribution in [0.4, 0.5) is 0 Å². The van der Waals surface area contributed by atoms with Crippen molar-refractivity contribution in [3.8, 4) is 11.5 Å². The normalized spacial score (nSPS) is 27.4. The molecule has 1 aromatic carbocycles. The fourth-order valence-corrected chi connectivity index (χ4v) is 7.01. The molecule has 0 aromatic heterocycles. The number of aliphatic carboxylic acids is 2. The molecule has 2 heterocycles. The Kier molecular flexibility index (Phi) is 8.46. The lowest BCUT2D eigenvalue weighted by atomic mass is 9.50. The summed E-state index contributed by atoms with van der Waals surface area (Å²) in [5.74, 6) is -7.98. The van der Waals surface area contributed by atoms with E-state index in [1.54, 1.807) is 6.07 Å². The fraction of sp³-hybridized carbons (Fsp3) is 0.533. The van der Waals surface area contributed by atoms with Crippen LogP contribution in [0.1, 0.15) is 50.7 Å². The van der Waals surface area contributed by atoms with E-state index in [9.17, 15) is 39.0 Å². The van der Waals surface area contributed by atoms with Gasteiger partial charge in [0.05, 0.1) is 23.9 Å². The van der Waals surface area contributed by atoms with Crippen LogP contribution in [-0.4, -0.2) is 111 Å². The highest BCUT2D eigenvalue weighted by atomic mass is 16.6. The molecule has 0 unspecified atom stereocenters. The molecule has 2 bridgehead atoms. The van der Waals surface area contributed by atoms with Gasteiger partial charge in [0, 0.05) is 24.9 Å². The smallest absolute Gasteiger partial charge is 0.348 e. The van der Waals surface area contributed by atoms with Crippen molar-refractivity contribution < 1.29 is 72.9 Å². The highest BCUT2D eigenvalue weighted by Crippen LogP contribution is 2.65. The van der Waals surface area contributed by atoms with E-state index < -0.39 is 84.1 Å². The second kappa shape index (κ2) is 11.9. The third-order valence-electron chi connectivity index (χ3n) is 9.03.